The topological polar surface area (TPSA) is 92.9 Å². The molecular weight excluding hydrogens is 500 g/mol. The normalized spacial score (nSPS) is 30.3. The summed E-state index contributed by atoms with van der Waals surface area (Å²) < 4.78 is 4.19. The number of alkyl halides is 1. The number of likely N-dealkylation sites (tertiary alicyclic amines) is 1. The summed E-state index contributed by atoms with van der Waals surface area (Å²) in [6.45, 7) is 10.6. The minimum Gasteiger partial charge on any atom is -0.338 e. The van der Waals surface area contributed by atoms with E-state index in [0.717, 1.165) is 61.3 Å². The van der Waals surface area contributed by atoms with Crippen molar-refractivity contribution >= 4 is 28.7 Å². The van der Waals surface area contributed by atoms with Gasteiger partial charge in [0.1, 0.15) is 5.52 Å². The molecule has 4 aliphatic rings. The van der Waals surface area contributed by atoms with Crippen molar-refractivity contribution in [3.05, 3.63) is 42.5 Å². The summed E-state index contributed by atoms with van der Waals surface area (Å²) >= 11 is 7.27. The first-order valence-electron chi connectivity index (χ1n) is 13.7. The Balaban J connectivity index is 1.28. The minimum atomic E-state index is 0.0254. The van der Waals surface area contributed by atoms with Crippen LogP contribution in [-0.4, -0.2) is 66.2 Å². The molecule has 0 aromatic carbocycles. The molecule has 1 spiro atoms. The number of imidazole rings is 1. The van der Waals surface area contributed by atoms with E-state index >= 15 is 0 Å². The monoisotopic (exact) mass is 534 g/mol. The zero-order valence-corrected chi connectivity index (χ0v) is 22.9. The number of hydrogen-bond acceptors (Lipinski definition) is 6. The molecule has 1 amide bonds. The highest BCUT2D eigenvalue weighted by atomic mass is 35.5. The zero-order chi connectivity index (χ0) is 26.3. The van der Waals surface area contributed by atoms with E-state index in [1.807, 2.05) is 22.7 Å². The van der Waals surface area contributed by atoms with E-state index < -0.39 is 0 Å². The van der Waals surface area contributed by atoms with Gasteiger partial charge in [0.2, 0.25) is 5.91 Å². The van der Waals surface area contributed by atoms with Gasteiger partial charge in [-0.2, -0.15) is 5.10 Å². The number of aromatic nitrogens is 5. The fourth-order valence-corrected chi connectivity index (χ4v) is 8.14. The number of rotatable bonds is 4. The number of nitrogens with zero attached hydrogens (tertiary/aromatic N) is 6. The van der Waals surface area contributed by atoms with Crippen molar-refractivity contribution < 1.29 is 4.79 Å². The smallest absolute Gasteiger partial charge is 0.245 e. The van der Waals surface area contributed by atoms with Crippen LogP contribution in [0.15, 0.2) is 31.2 Å². The molecule has 4 fully saturated rings. The third-order valence-electron chi connectivity index (χ3n) is 9.69. The molecule has 200 valence electrons. The highest BCUT2D eigenvalue weighted by molar-refractivity contribution is 6.21. The Morgan fingerprint density at radius 2 is 2.08 bits per heavy atom. The van der Waals surface area contributed by atoms with E-state index in [2.05, 4.69) is 47.0 Å². The molecule has 2 saturated carbocycles. The van der Waals surface area contributed by atoms with Crippen molar-refractivity contribution in [3.63, 3.8) is 0 Å². The van der Waals surface area contributed by atoms with Crippen LogP contribution in [-0.2, 0) is 11.8 Å². The molecule has 0 radical (unpaired) electrons. The van der Waals surface area contributed by atoms with Gasteiger partial charge in [0, 0.05) is 72.5 Å². The van der Waals surface area contributed by atoms with Crippen LogP contribution in [0, 0.1) is 24.2 Å². The standard InChI is InChI=1S/C28H35ClN8O/c1-5-22(38)36-12-28(13-36)8-18(9-28)37-16(3)23(24-19-11-32-33-20(19)6-15(2)25(24)29)26(34-37)17-7-21-27(30-10-17)35(4)14-31-21/h5,7,10,14-15,18-20,24-25,32-33H,1,6,8-9,11-13H2,2-4H3. The first kappa shape index (κ1) is 24.3. The summed E-state index contributed by atoms with van der Waals surface area (Å²) in [5, 5.41) is 5.33. The highest BCUT2D eigenvalue weighted by Crippen LogP contribution is 2.56. The van der Waals surface area contributed by atoms with Gasteiger partial charge in [0.25, 0.3) is 0 Å². The average molecular weight is 535 g/mol. The van der Waals surface area contributed by atoms with Crippen LogP contribution in [0.5, 0.6) is 0 Å². The zero-order valence-electron chi connectivity index (χ0n) is 22.2. The molecule has 3 aromatic rings. The van der Waals surface area contributed by atoms with Crippen molar-refractivity contribution in [1.82, 2.24) is 40.1 Å². The second-order valence-electron chi connectivity index (χ2n) is 12.2. The van der Waals surface area contributed by atoms with Crippen molar-refractivity contribution in [3.8, 4) is 11.3 Å². The summed E-state index contributed by atoms with van der Waals surface area (Å²) in [7, 11) is 1.96. The quantitative estimate of drug-likeness (QED) is 0.394. The number of carbonyl (C=O) groups excluding carboxylic acids is 1. The van der Waals surface area contributed by atoms with Crippen LogP contribution in [0.3, 0.4) is 0 Å². The van der Waals surface area contributed by atoms with Crippen LogP contribution in [0.4, 0.5) is 0 Å². The SMILES string of the molecule is C=CC(=O)N1CC2(CC(n3nc(-c4cnc5c(c4)ncn5C)c(C4C(Cl)C(C)CC5NNCC54)c3C)C2)C1. The number of halogens is 1. The lowest BCUT2D eigenvalue weighted by molar-refractivity contribution is -0.149. The Kier molecular flexibility index (Phi) is 5.52. The fourth-order valence-electron chi connectivity index (χ4n) is 7.73. The molecule has 2 aliphatic heterocycles. The van der Waals surface area contributed by atoms with Gasteiger partial charge in [-0.25, -0.2) is 9.97 Å². The lowest BCUT2D eigenvalue weighted by atomic mass is 9.60. The van der Waals surface area contributed by atoms with Crippen LogP contribution < -0.4 is 10.9 Å². The number of nitrogens with one attached hydrogen (secondary N) is 2. The van der Waals surface area contributed by atoms with Crippen molar-refractivity contribution in [2.45, 2.75) is 56.5 Å². The van der Waals surface area contributed by atoms with Crippen molar-refractivity contribution in [2.75, 3.05) is 19.6 Å². The Morgan fingerprint density at radius 3 is 2.84 bits per heavy atom. The Morgan fingerprint density at radius 1 is 1.29 bits per heavy atom. The molecular formula is C28H35ClN8O. The average Bonchev–Trinajstić information content (AvgIpc) is 3.56. The molecule has 3 aromatic heterocycles. The summed E-state index contributed by atoms with van der Waals surface area (Å²) in [6.07, 6.45) is 8.29. The predicted molar refractivity (Wildman–Crippen MR) is 147 cm³/mol. The number of aryl methyl sites for hydroxylation is 1. The summed E-state index contributed by atoms with van der Waals surface area (Å²) in [5.41, 5.74) is 13.3. The minimum absolute atomic E-state index is 0.0254. The predicted octanol–water partition coefficient (Wildman–Crippen LogP) is 3.31. The Bertz CT molecular complexity index is 1430. The maximum Gasteiger partial charge on any atom is 0.245 e. The number of fused-ring (bicyclic) bond motifs is 2. The third-order valence-corrected chi connectivity index (χ3v) is 10.4. The number of hydrazine groups is 1. The lowest BCUT2D eigenvalue weighted by Crippen LogP contribution is -2.63. The molecule has 9 nitrogen and oxygen atoms in total. The molecule has 5 unspecified atom stereocenters. The molecule has 10 heteroatoms. The van der Waals surface area contributed by atoms with E-state index in [1.165, 1.54) is 17.3 Å². The second-order valence-corrected chi connectivity index (χ2v) is 12.7. The lowest BCUT2D eigenvalue weighted by Gasteiger charge is -2.58. The molecule has 2 saturated heterocycles. The van der Waals surface area contributed by atoms with Gasteiger partial charge in [0.05, 0.1) is 18.1 Å². The number of pyridine rings is 1. The summed E-state index contributed by atoms with van der Waals surface area (Å²) in [6, 6.07) is 2.83. The largest absolute Gasteiger partial charge is 0.338 e. The third kappa shape index (κ3) is 3.51. The molecule has 2 N–H and O–H groups in total. The van der Waals surface area contributed by atoms with E-state index in [4.69, 9.17) is 21.7 Å². The van der Waals surface area contributed by atoms with Gasteiger partial charge >= 0.3 is 0 Å². The molecule has 5 heterocycles. The number of hydrogen-bond donors (Lipinski definition) is 2. The van der Waals surface area contributed by atoms with Crippen LogP contribution >= 0.6 is 11.6 Å². The molecule has 0 bridgehead atoms. The van der Waals surface area contributed by atoms with Gasteiger partial charge in [-0.05, 0) is 50.2 Å². The molecule has 7 rings (SSSR count). The van der Waals surface area contributed by atoms with Crippen LogP contribution in [0.25, 0.3) is 22.4 Å². The summed E-state index contributed by atoms with van der Waals surface area (Å²) in [5.74, 6) is 0.990. The van der Waals surface area contributed by atoms with Gasteiger partial charge in [-0.15, -0.1) is 11.6 Å². The maximum atomic E-state index is 12.0. The second kappa shape index (κ2) is 8.63. The van der Waals surface area contributed by atoms with Gasteiger partial charge in [0.15, 0.2) is 5.65 Å². The molecule has 2 aliphatic carbocycles. The Hall–Kier alpha value is -2.75. The fraction of sp³-hybridized carbons (Fsp3) is 0.571. The van der Waals surface area contributed by atoms with Gasteiger partial charge in [-0.1, -0.05) is 13.5 Å². The number of amides is 1. The summed E-state index contributed by atoms with van der Waals surface area (Å²) in [4.78, 5) is 23.2. The van der Waals surface area contributed by atoms with Gasteiger partial charge < -0.3 is 9.47 Å². The highest BCUT2D eigenvalue weighted by Gasteiger charge is 2.55. The Labute approximate surface area is 227 Å². The number of carbonyl (C=O) groups is 1. The molecule has 38 heavy (non-hydrogen) atoms. The van der Waals surface area contributed by atoms with Crippen molar-refractivity contribution in [1.29, 1.82) is 0 Å². The van der Waals surface area contributed by atoms with Crippen LogP contribution in [0.2, 0.25) is 0 Å². The van der Waals surface area contributed by atoms with E-state index in [0.29, 0.717) is 23.9 Å². The van der Waals surface area contributed by atoms with Crippen molar-refractivity contribution in [2.24, 2.45) is 24.3 Å². The molecule has 5 atom stereocenters. The van der Waals surface area contributed by atoms with Gasteiger partial charge in [-0.3, -0.25) is 20.3 Å². The van der Waals surface area contributed by atoms with E-state index in [1.54, 1.807) is 6.33 Å². The van der Waals surface area contributed by atoms with E-state index in [9.17, 15) is 4.79 Å². The maximum absolute atomic E-state index is 12.0. The first-order chi connectivity index (χ1) is 18.3. The van der Waals surface area contributed by atoms with E-state index in [-0.39, 0.29) is 22.6 Å². The first-order valence-corrected chi connectivity index (χ1v) is 14.1. The van der Waals surface area contributed by atoms with Crippen LogP contribution in [0.1, 0.15) is 49.4 Å².